The summed E-state index contributed by atoms with van der Waals surface area (Å²) in [6, 6.07) is 11.5. The van der Waals surface area contributed by atoms with Crippen LogP contribution in [-0.4, -0.2) is 15.6 Å². The van der Waals surface area contributed by atoms with Gasteiger partial charge in [-0.3, -0.25) is 0 Å². The molecule has 0 spiro atoms. The summed E-state index contributed by atoms with van der Waals surface area (Å²) in [5, 5.41) is 13.0. The van der Waals surface area contributed by atoms with Gasteiger partial charge in [-0.25, -0.2) is 9.18 Å². The van der Waals surface area contributed by atoms with Gasteiger partial charge in [0.2, 0.25) is 0 Å². The fourth-order valence-electron chi connectivity index (χ4n) is 2.33. The van der Waals surface area contributed by atoms with E-state index in [1.807, 2.05) is 36.0 Å². The fourth-order valence-corrected chi connectivity index (χ4v) is 2.33. The molecule has 0 radical (unpaired) electrons. The lowest BCUT2D eigenvalue weighted by Crippen LogP contribution is -2.04. The monoisotopic (exact) mass is 284 g/mol. The number of aryl methyl sites for hydroxylation is 1. The van der Waals surface area contributed by atoms with Crippen LogP contribution in [0.4, 0.5) is 15.8 Å². The van der Waals surface area contributed by atoms with E-state index in [4.69, 9.17) is 5.11 Å². The second-order valence-electron chi connectivity index (χ2n) is 4.79. The number of nitrogens with zero attached hydrogens (tertiary/aromatic N) is 1. The summed E-state index contributed by atoms with van der Waals surface area (Å²) in [5.74, 6) is -1.76. The molecule has 0 fully saturated rings. The van der Waals surface area contributed by atoms with E-state index in [9.17, 15) is 9.18 Å². The molecule has 1 heterocycles. The van der Waals surface area contributed by atoms with E-state index < -0.39 is 11.8 Å². The van der Waals surface area contributed by atoms with Crippen molar-refractivity contribution in [3.63, 3.8) is 0 Å². The molecule has 0 atom stereocenters. The van der Waals surface area contributed by atoms with Crippen LogP contribution in [0.5, 0.6) is 0 Å². The molecule has 0 aliphatic heterocycles. The molecule has 0 unspecified atom stereocenters. The molecular weight excluding hydrogens is 271 g/mol. The topological polar surface area (TPSA) is 54.3 Å². The van der Waals surface area contributed by atoms with Crippen LogP contribution in [0.2, 0.25) is 0 Å². The third-order valence-electron chi connectivity index (χ3n) is 3.40. The van der Waals surface area contributed by atoms with Gasteiger partial charge >= 0.3 is 5.97 Å². The number of aromatic carboxylic acids is 1. The Labute approximate surface area is 120 Å². The third-order valence-corrected chi connectivity index (χ3v) is 3.40. The Kier molecular flexibility index (Phi) is 3.10. The largest absolute Gasteiger partial charge is 0.478 e. The molecule has 0 aliphatic rings. The van der Waals surface area contributed by atoms with Crippen molar-refractivity contribution in [3.05, 3.63) is 60.0 Å². The normalized spacial score (nSPS) is 10.8. The Balaban J connectivity index is 2.04. The minimum absolute atomic E-state index is 0.0275. The first-order valence-corrected chi connectivity index (χ1v) is 6.40. The number of aromatic nitrogens is 1. The third kappa shape index (κ3) is 2.33. The fraction of sp³-hybridized carbons (Fsp3) is 0.0625. The number of benzene rings is 2. The molecule has 5 heteroatoms. The maximum Gasteiger partial charge on any atom is 0.337 e. The molecular formula is C16H13FN2O2. The van der Waals surface area contributed by atoms with Gasteiger partial charge in [0, 0.05) is 29.8 Å². The van der Waals surface area contributed by atoms with Gasteiger partial charge in [0.05, 0.1) is 11.3 Å². The maximum atomic E-state index is 13.9. The zero-order chi connectivity index (χ0) is 15.0. The van der Waals surface area contributed by atoms with Crippen molar-refractivity contribution in [1.82, 2.24) is 4.57 Å². The van der Waals surface area contributed by atoms with Crippen molar-refractivity contribution in [3.8, 4) is 0 Å². The molecule has 0 aliphatic carbocycles. The zero-order valence-electron chi connectivity index (χ0n) is 11.3. The predicted octanol–water partition coefficient (Wildman–Crippen LogP) is 3.76. The van der Waals surface area contributed by atoms with Crippen LogP contribution >= 0.6 is 0 Å². The first kappa shape index (κ1) is 13.2. The second-order valence-corrected chi connectivity index (χ2v) is 4.79. The minimum Gasteiger partial charge on any atom is -0.478 e. The first-order chi connectivity index (χ1) is 10.1. The Morgan fingerprint density at radius 1 is 1.24 bits per heavy atom. The number of para-hydroxylation sites is 1. The van der Waals surface area contributed by atoms with Gasteiger partial charge in [-0.2, -0.15) is 0 Å². The standard InChI is InChI=1S/C16H13FN2O2/c1-19-8-7-10-9-11(5-6-14(10)19)18-15-12(16(20)21)3-2-4-13(15)17/h2-9,18H,1H3,(H,20,21). The second kappa shape index (κ2) is 4.94. The van der Waals surface area contributed by atoms with Crippen molar-refractivity contribution in [2.24, 2.45) is 7.05 Å². The van der Waals surface area contributed by atoms with Crippen molar-refractivity contribution >= 4 is 28.2 Å². The molecule has 2 N–H and O–H groups in total. The van der Waals surface area contributed by atoms with Gasteiger partial charge in [-0.15, -0.1) is 0 Å². The van der Waals surface area contributed by atoms with Crippen molar-refractivity contribution in [2.45, 2.75) is 0 Å². The lowest BCUT2D eigenvalue weighted by molar-refractivity contribution is 0.0697. The average molecular weight is 284 g/mol. The quantitative estimate of drug-likeness (QED) is 0.770. The highest BCUT2D eigenvalue weighted by Gasteiger charge is 2.14. The lowest BCUT2D eigenvalue weighted by Gasteiger charge is -2.11. The zero-order valence-corrected chi connectivity index (χ0v) is 11.3. The van der Waals surface area contributed by atoms with Gasteiger partial charge in [-0.1, -0.05) is 6.07 Å². The molecule has 1 aromatic heterocycles. The van der Waals surface area contributed by atoms with Gasteiger partial charge in [0.25, 0.3) is 0 Å². The molecule has 3 aromatic rings. The summed E-state index contributed by atoms with van der Waals surface area (Å²) in [5.41, 5.74) is 1.57. The molecule has 2 aromatic carbocycles. The number of nitrogens with one attached hydrogen (secondary N) is 1. The highest BCUT2D eigenvalue weighted by Crippen LogP contribution is 2.27. The number of carbonyl (C=O) groups is 1. The number of anilines is 2. The molecule has 0 saturated heterocycles. The van der Waals surface area contributed by atoms with E-state index in [2.05, 4.69) is 5.32 Å². The Hall–Kier alpha value is -2.82. The molecule has 21 heavy (non-hydrogen) atoms. The van der Waals surface area contributed by atoms with Gasteiger partial charge in [0.15, 0.2) is 0 Å². The highest BCUT2D eigenvalue weighted by molar-refractivity contribution is 5.96. The Morgan fingerprint density at radius 3 is 2.81 bits per heavy atom. The lowest BCUT2D eigenvalue weighted by atomic mass is 10.1. The number of carboxylic acids is 1. The minimum atomic E-state index is -1.17. The predicted molar refractivity (Wildman–Crippen MR) is 79.6 cm³/mol. The summed E-state index contributed by atoms with van der Waals surface area (Å²) < 4.78 is 15.9. The summed E-state index contributed by atoms with van der Waals surface area (Å²) in [7, 11) is 1.94. The van der Waals surface area contributed by atoms with E-state index in [-0.39, 0.29) is 11.3 Å². The van der Waals surface area contributed by atoms with Crippen LogP contribution < -0.4 is 5.32 Å². The number of rotatable bonds is 3. The summed E-state index contributed by atoms with van der Waals surface area (Å²) in [6.45, 7) is 0. The average Bonchev–Trinajstić information content (AvgIpc) is 2.82. The molecule has 0 amide bonds. The summed E-state index contributed by atoms with van der Waals surface area (Å²) >= 11 is 0. The van der Waals surface area contributed by atoms with Crippen LogP contribution in [0.15, 0.2) is 48.7 Å². The first-order valence-electron chi connectivity index (χ1n) is 6.40. The Morgan fingerprint density at radius 2 is 2.05 bits per heavy atom. The molecule has 4 nitrogen and oxygen atoms in total. The van der Waals surface area contributed by atoms with Crippen LogP contribution in [0, 0.1) is 5.82 Å². The van der Waals surface area contributed by atoms with E-state index in [1.165, 1.54) is 18.2 Å². The smallest absolute Gasteiger partial charge is 0.337 e. The van der Waals surface area contributed by atoms with E-state index in [0.29, 0.717) is 5.69 Å². The number of hydrogen-bond donors (Lipinski definition) is 2. The van der Waals surface area contributed by atoms with Crippen LogP contribution in [0.25, 0.3) is 10.9 Å². The summed E-state index contributed by atoms with van der Waals surface area (Å²) in [6.07, 6.45) is 1.93. The number of hydrogen-bond acceptors (Lipinski definition) is 2. The Bertz CT molecular complexity index is 839. The van der Waals surface area contributed by atoms with E-state index in [1.54, 1.807) is 6.07 Å². The van der Waals surface area contributed by atoms with Crippen LogP contribution in [0.3, 0.4) is 0 Å². The van der Waals surface area contributed by atoms with Crippen molar-refractivity contribution in [1.29, 1.82) is 0 Å². The van der Waals surface area contributed by atoms with E-state index in [0.717, 1.165) is 10.9 Å². The summed E-state index contributed by atoms with van der Waals surface area (Å²) in [4.78, 5) is 11.2. The van der Waals surface area contributed by atoms with E-state index >= 15 is 0 Å². The molecule has 0 bridgehead atoms. The molecule has 106 valence electrons. The number of halogens is 1. The highest BCUT2D eigenvalue weighted by atomic mass is 19.1. The molecule has 3 rings (SSSR count). The molecule has 0 saturated carbocycles. The van der Waals surface area contributed by atoms with Crippen molar-refractivity contribution < 1.29 is 14.3 Å². The van der Waals surface area contributed by atoms with Gasteiger partial charge < -0.3 is 15.0 Å². The SMILES string of the molecule is Cn1ccc2cc(Nc3c(F)cccc3C(=O)O)ccc21. The number of fused-ring (bicyclic) bond motifs is 1. The van der Waals surface area contributed by atoms with Gasteiger partial charge in [-0.05, 0) is 36.4 Å². The maximum absolute atomic E-state index is 13.9. The van der Waals surface area contributed by atoms with Gasteiger partial charge in [0.1, 0.15) is 5.82 Å². The van der Waals surface area contributed by atoms with Crippen molar-refractivity contribution in [2.75, 3.05) is 5.32 Å². The van der Waals surface area contributed by atoms with Crippen LogP contribution in [-0.2, 0) is 7.05 Å². The van der Waals surface area contributed by atoms with Crippen LogP contribution in [0.1, 0.15) is 10.4 Å². The number of carboxylic acid groups (broad SMARTS) is 1.